The van der Waals surface area contributed by atoms with Gasteiger partial charge in [0.2, 0.25) is 10.0 Å². The lowest BCUT2D eigenvalue weighted by Gasteiger charge is -2.08. The Morgan fingerprint density at radius 2 is 1.29 bits per heavy atom. The molecule has 0 fully saturated rings. The van der Waals surface area contributed by atoms with E-state index < -0.39 is 20.0 Å². The molecular weight excluding hydrogens is 380 g/mol. The first kappa shape index (κ1) is 16.0. The number of anilines is 1. The van der Waals surface area contributed by atoms with Crippen LogP contribution in [-0.2, 0) is 20.0 Å². The van der Waals surface area contributed by atoms with Crippen molar-refractivity contribution in [1.29, 1.82) is 0 Å². The van der Waals surface area contributed by atoms with Crippen LogP contribution in [0.4, 0.5) is 5.69 Å². The molecule has 0 bridgehead atoms. The van der Waals surface area contributed by atoms with Crippen LogP contribution in [0.15, 0.2) is 62.8 Å². The first-order chi connectivity index (χ1) is 9.68. The van der Waals surface area contributed by atoms with Crippen LogP contribution < -0.4 is 9.86 Å². The summed E-state index contributed by atoms with van der Waals surface area (Å²) in [6.45, 7) is 0. The molecule has 0 saturated heterocycles. The Hall–Kier alpha value is -1.42. The van der Waals surface area contributed by atoms with E-state index in [4.69, 9.17) is 5.14 Å². The van der Waals surface area contributed by atoms with Crippen molar-refractivity contribution < 1.29 is 16.8 Å². The third-order valence-corrected chi connectivity index (χ3v) is 5.41. The van der Waals surface area contributed by atoms with E-state index in [0.717, 1.165) is 16.6 Å². The third kappa shape index (κ3) is 4.03. The maximum Gasteiger partial charge on any atom is 0.261 e. The fraction of sp³-hybridized carbons (Fsp3) is 0. The second-order valence-electron chi connectivity index (χ2n) is 4.13. The SMILES string of the molecule is NS(=O)(=O)c1ccc(S(=O)(=O)Nc2ccc(Br)cc2)cc1. The van der Waals surface area contributed by atoms with Crippen molar-refractivity contribution in [3.63, 3.8) is 0 Å². The van der Waals surface area contributed by atoms with Crippen molar-refractivity contribution in [2.45, 2.75) is 9.79 Å². The van der Waals surface area contributed by atoms with Crippen LogP contribution in [0, 0.1) is 0 Å². The maximum absolute atomic E-state index is 12.1. The maximum atomic E-state index is 12.1. The van der Waals surface area contributed by atoms with Crippen LogP contribution in [0.5, 0.6) is 0 Å². The summed E-state index contributed by atoms with van der Waals surface area (Å²) >= 11 is 3.25. The molecule has 3 N–H and O–H groups in total. The van der Waals surface area contributed by atoms with Gasteiger partial charge in [-0.25, -0.2) is 22.0 Å². The predicted molar refractivity (Wildman–Crippen MR) is 82.8 cm³/mol. The average Bonchev–Trinajstić information content (AvgIpc) is 2.40. The molecule has 0 aliphatic carbocycles. The molecule has 2 rings (SSSR count). The van der Waals surface area contributed by atoms with Crippen molar-refractivity contribution >= 4 is 41.7 Å². The summed E-state index contributed by atoms with van der Waals surface area (Å²) in [4.78, 5) is -0.206. The summed E-state index contributed by atoms with van der Waals surface area (Å²) in [6, 6.07) is 11.2. The van der Waals surface area contributed by atoms with Crippen LogP contribution >= 0.6 is 15.9 Å². The van der Waals surface area contributed by atoms with E-state index in [1.54, 1.807) is 24.3 Å². The zero-order valence-corrected chi connectivity index (χ0v) is 13.7. The zero-order chi connectivity index (χ0) is 15.7. The molecule has 0 spiro atoms. The molecule has 0 unspecified atom stereocenters. The zero-order valence-electron chi connectivity index (χ0n) is 10.5. The molecule has 6 nitrogen and oxygen atoms in total. The summed E-state index contributed by atoms with van der Waals surface area (Å²) in [6.07, 6.45) is 0. The minimum Gasteiger partial charge on any atom is -0.280 e. The van der Waals surface area contributed by atoms with Gasteiger partial charge in [-0.2, -0.15) is 0 Å². The number of hydrogen-bond donors (Lipinski definition) is 2. The van der Waals surface area contributed by atoms with E-state index in [1.165, 1.54) is 12.1 Å². The Balaban J connectivity index is 2.29. The highest BCUT2D eigenvalue weighted by Crippen LogP contribution is 2.19. The second kappa shape index (κ2) is 5.76. The third-order valence-electron chi connectivity index (χ3n) is 2.56. The normalized spacial score (nSPS) is 12.1. The van der Waals surface area contributed by atoms with Crippen molar-refractivity contribution in [2.24, 2.45) is 5.14 Å². The van der Waals surface area contributed by atoms with Gasteiger partial charge < -0.3 is 0 Å². The lowest BCUT2D eigenvalue weighted by molar-refractivity contribution is 0.595. The molecule has 0 amide bonds. The number of hydrogen-bond acceptors (Lipinski definition) is 4. The van der Waals surface area contributed by atoms with Gasteiger partial charge in [0, 0.05) is 10.2 Å². The molecule has 21 heavy (non-hydrogen) atoms. The second-order valence-corrected chi connectivity index (χ2v) is 8.29. The lowest BCUT2D eigenvalue weighted by Crippen LogP contribution is -2.15. The van der Waals surface area contributed by atoms with Crippen LogP contribution in [-0.4, -0.2) is 16.8 Å². The van der Waals surface area contributed by atoms with Gasteiger partial charge in [-0.15, -0.1) is 0 Å². The van der Waals surface area contributed by atoms with Gasteiger partial charge in [0.15, 0.2) is 0 Å². The molecule has 0 saturated carbocycles. The number of halogens is 1. The van der Waals surface area contributed by atoms with Crippen molar-refractivity contribution in [3.05, 3.63) is 53.0 Å². The van der Waals surface area contributed by atoms with Gasteiger partial charge in [0.25, 0.3) is 10.0 Å². The van der Waals surface area contributed by atoms with Crippen LogP contribution in [0.3, 0.4) is 0 Å². The standard InChI is InChI=1S/C12H11BrN2O4S2/c13-9-1-3-10(4-2-9)15-21(18,19)12-7-5-11(6-8-12)20(14,16)17/h1-8,15H,(H2,14,16,17). The van der Waals surface area contributed by atoms with Crippen LogP contribution in [0.2, 0.25) is 0 Å². The van der Waals surface area contributed by atoms with E-state index in [0.29, 0.717) is 5.69 Å². The summed E-state index contributed by atoms with van der Waals surface area (Å²) < 4.78 is 49.8. The van der Waals surface area contributed by atoms with Crippen molar-refractivity contribution in [2.75, 3.05) is 4.72 Å². The highest BCUT2D eigenvalue weighted by Gasteiger charge is 2.15. The highest BCUT2D eigenvalue weighted by atomic mass is 79.9. The Kier molecular flexibility index (Phi) is 4.38. The van der Waals surface area contributed by atoms with Gasteiger partial charge in [-0.3, -0.25) is 4.72 Å². The number of primary sulfonamides is 1. The van der Waals surface area contributed by atoms with Gasteiger partial charge >= 0.3 is 0 Å². The number of rotatable bonds is 4. The molecule has 0 aliphatic heterocycles. The number of nitrogens with one attached hydrogen (secondary N) is 1. The van der Waals surface area contributed by atoms with Gasteiger partial charge in [-0.05, 0) is 48.5 Å². The molecule has 2 aromatic carbocycles. The van der Waals surface area contributed by atoms with E-state index in [9.17, 15) is 16.8 Å². The number of benzene rings is 2. The number of sulfonamides is 2. The first-order valence-corrected chi connectivity index (χ1v) is 9.42. The lowest BCUT2D eigenvalue weighted by atomic mass is 10.3. The topological polar surface area (TPSA) is 106 Å². The Morgan fingerprint density at radius 3 is 1.76 bits per heavy atom. The largest absolute Gasteiger partial charge is 0.280 e. The fourth-order valence-electron chi connectivity index (χ4n) is 1.54. The fourth-order valence-corrected chi connectivity index (χ4v) is 3.38. The van der Waals surface area contributed by atoms with Crippen molar-refractivity contribution in [3.8, 4) is 0 Å². The summed E-state index contributed by atoms with van der Waals surface area (Å²) in [5.41, 5.74) is 0.397. The monoisotopic (exact) mass is 390 g/mol. The van der Waals surface area contributed by atoms with Crippen LogP contribution in [0.1, 0.15) is 0 Å². The summed E-state index contributed by atoms with van der Waals surface area (Å²) in [5.74, 6) is 0. The Morgan fingerprint density at radius 1 is 0.810 bits per heavy atom. The molecule has 0 heterocycles. The molecule has 9 heteroatoms. The smallest absolute Gasteiger partial charge is 0.261 e. The molecule has 2 aromatic rings. The highest BCUT2D eigenvalue weighted by molar-refractivity contribution is 9.10. The van der Waals surface area contributed by atoms with Gasteiger partial charge in [0.05, 0.1) is 9.79 Å². The first-order valence-electron chi connectivity index (χ1n) is 5.60. The van der Waals surface area contributed by atoms with E-state index in [-0.39, 0.29) is 9.79 Å². The number of nitrogens with two attached hydrogens (primary N) is 1. The Bertz CT molecular complexity index is 845. The molecule has 112 valence electrons. The quantitative estimate of drug-likeness (QED) is 0.830. The average molecular weight is 391 g/mol. The predicted octanol–water partition coefficient (Wildman–Crippen LogP) is 1.90. The van der Waals surface area contributed by atoms with Gasteiger partial charge in [0.1, 0.15) is 0 Å². The van der Waals surface area contributed by atoms with E-state index in [2.05, 4.69) is 20.7 Å². The van der Waals surface area contributed by atoms with E-state index >= 15 is 0 Å². The Labute approximate surface area is 131 Å². The van der Waals surface area contributed by atoms with Crippen molar-refractivity contribution in [1.82, 2.24) is 0 Å². The molecule has 0 aliphatic rings. The minimum atomic E-state index is -3.85. The van der Waals surface area contributed by atoms with Crippen LogP contribution in [0.25, 0.3) is 0 Å². The molecule has 0 atom stereocenters. The van der Waals surface area contributed by atoms with Gasteiger partial charge in [-0.1, -0.05) is 15.9 Å². The molecule has 0 aromatic heterocycles. The minimum absolute atomic E-state index is 0.0576. The summed E-state index contributed by atoms with van der Waals surface area (Å²) in [7, 11) is -7.64. The summed E-state index contributed by atoms with van der Waals surface area (Å²) in [5, 5.41) is 4.96. The van der Waals surface area contributed by atoms with E-state index in [1.807, 2.05) is 0 Å². The molecule has 0 radical (unpaired) electrons. The molecular formula is C12H11BrN2O4S2.